The first-order valence-corrected chi connectivity index (χ1v) is 7.34. The number of hydrogen-bond acceptors (Lipinski definition) is 5. The van der Waals surface area contributed by atoms with E-state index in [2.05, 4.69) is 10.1 Å². The third kappa shape index (κ3) is 5.52. The second-order valence-corrected chi connectivity index (χ2v) is 5.31. The van der Waals surface area contributed by atoms with Crippen molar-refractivity contribution in [2.24, 2.45) is 0 Å². The third-order valence-corrected chi connectivity index (χ3v) is 3.95. The third-order valence-electron chi connectivity index (χ3n) is 2.79. The fraction of sp³-hybridized carbons (Fsp3) is 0.429. The summed E-state index contributed by atoms with van der Waals surface area (Å²) in [4.78, 5) is 23.5. The molecule has 0 saturated carbocycles. The van der Waals surface area contributed by atoms with E-state index in [0.717, 1.165) is 16.1 Å². The standard InChI is InChI=1S/C14H20N2O3S/c1-10-11(15)5-3-6-12(10)20-9-13(17)16-8-4-7-14(18)19-2/h3,5-6H,4,7-9,15H2,1-2H3,(H,16,17). The predicted octanol–water partition coefficient (Wildman–Crippen LogP) is 1.74. The van der Waals surface area contributed by atoms with Gasteiger partial charge < -0.3 is 15.8 Å². The lowest BCUT2D eigenvalue weighted by atomic mass is 10.2. The lowest BCUT2D eigenvalue weighted by Crippen LogP contribution is -2.26. The number of methoxy groups -OCH3 is 1. The van der Waals surface area contributed by atoms with Crippen molar-refractivity contribution in [1.29, 1.82) is 0 Å². The van der Waals surface area contributed by atoms with Crippen molar-refractivity contribution in [1.82, 2.24) is 5.32 Å². The average molecular weight is 296 g/mol. The Bertz CT molecular complexity index is 477. The number of benzene rings is 1. The largest absolute Gasteiger partial charge is 0.469 e. The molecule has 0 heterocycles. The minimum Gasteiger partial charge on any atom is -0.469 e. The molecule has 0 aliphatic carbocycles. The van der Waals surface area contributed by atoms with Crippen molar-refractivity contribution >= 4 is 29.3 Å². The average Bonchev–Trinajstić information content (AvgIpc) is 2.44. The summed E-state index contributed by atoms with van der Waals surface area (Å²) >= 11 is 1.45. The lowest BCUT2D eigenvalue weighted by molar-refractivity contribution is -0.140. The molecule has 0 atom stereocenters. The molecule has 0 aromatic heterocycles. The summed E-state index contributed by atoms with van der Waals surface area (Å²) in [6, 6.07) is 5.66. The van der Waals surface area contributed by atoms with Crippen molar-refractivity contribution in [3.05, 3.63) is 23.8 Å². The van der Waals surface area contributed by atoms with Gasteiger partial charge in [-0.15, -0.1) is 11.8 Å². The van der Waals surface area contributed by atoms with Gasteiger partial charge in [0.05, 0.1) is 12.9 Å². The zero-order valence-corrected chi connectivity index (χ0v) is 12.6. The normalized spacial score (nSPS) is 10.1. The molecule has 1 rings (SSSR count). The van der Waals surface area contributed by atoms with Crippen LogP contribution in [0.4, 0.5) is 5.69 Å². The molecule has 0 aliphatic rings. The maximum atomic E-state index is 11.6. The SMILES string of the molecule is COC(=O)CCCNC(=O)CSc1cccc(N)c1C. The molecule has 0 bridgehead atoms. The summed E-state index contributed by atoms with van der Waals surface area (Å²) in [5.74, 6) is 0.0217. The maximum absolute atomic E-state index is 11.6. The van der Waals surface area contributed by atoms with Crippen LogP contribution in [-0.4, -0.2) is 31.3 Å². The van der Waals surface area contributed by atoms with Crippen LogP contribution >= 0.6 is 11.8 Å². The van der Waals surface area contributed by atoms with Crippen LogP contribution in [-0.2, 0) is 14.3 Å². The first-order valence-electron chi connectivity index (χ1n) is 6.36. The highest BCUT2D eigenvalue weighted by atomic mass is 32.2. The first kappa shape index (κ1) is 16.4. The van der Waals surface area contributed by atoms with E-state index in [1.54, 1.807) is 0 Å². The van der Waals surface area contributed by atoms with Crippen molar-refractivity contribution in [2.45, 2.75) is 24.7 Å². The number of anilines is 1. The minimum atomic E-state index is -0.260. The molecule has 5 nitrogen and oxygen atoms in total. The van der Waals surface area contributed by atoms with Crippen LogP contribution in [0.3, 0.4) is 0 Å². The van der Waals surface area contributed by atoms with Gasteiger partial charge in [0.25, 0.3) is 0 Å². The van der Waals surface area contributed by atoms with E-state index in [4.69, 9.17) is 5.73 Å². The smallest absolute Gasteiger partial charge is 0.305 e. The molecule has 1 aromatic rings. The summed E-state index contributed by atoms with van der Waals surface area (Å²) in [7, 11) is 1.35. The zero-order valence-electron chi connectivity index (χ0n) is 11.8. The number of nitrogen functional groups attached to an aromatic ring is 1. The number of esters is 1. The summed E-state index contributed by atoms with van der Waals surface area (Å²) in [5.41, 5.74) is 7.54. The van der Waals surface area contributed by atoms with Crippen LogP contribution in [0.1, 0.15) is 18.4 Å². The molecule has 0 unspecified atom stereocenters. The Morgan fingerprint density at radius 1 is 1.40 bits per heavy atom. The molecule has 110 valence electrons. The molecule has 0 fully saturated rings. The number of thioether (sulfide) groups is 1. The highest BCUT2D eigenvalue weighted by Gasteiger charge is 2.06. The van der Waals surface area contributed by atoms with E-state index in [9.17, 15) is 9.59 Å². The minimum absolute atomic E-state index is 0.0540. The number of carbonyl (C=O) groups excluding carboxylic acids is 2. The highest BCUT2D eigenvalue weighted by Crippen LogP contribution is 2.25. The van der Waals surface area contributed by atoms with Gasteiger partial charge in [-0.3, -0.25) is 9.59 Å². The van der Waals surface area contributed by atoms with Gasteiger partial charge in [0.2, 0.25) is 5.91 Å². The number of nitrogens with two attached hydrogens (primary N) is 1. The van der Waals surface area contributed by atoms with Gasteiger partial charge in [0, 0.05) is 23.5 Å². The van der Waals surface area contributed by atoms with E-state index in [1.165, 1.54) is 18.9 Å². The van der Waals surface area contributed by atoms with Crippen molar-refractivity contribution < 1.29 is 14.3 Å². The van der Waals surface area contributed by atoms with Crippen molar-refractivity contribution in [3.63, 3.8) is 0 Å². The monoisotopic (exact) mass is 296 g/mol. The summed E-state index contributed by atoms with van der Waals surface area (Å²) in [6.07, 6.45) is 0.901. The summed E-state index contributed by atoms with van der Waals surface area (Å²) in [6.45, 7) is 2.41. The van der Waals surface area contributed by atoms with E-state index >= 15 is 0 Å². The fourth-order valence-electron chi connectivity index (χ4n) is 1.54. The van der Waals surface area contributed by atoms with Crippen LogP contribution in [0, 0.1) is 6.92 Å². The van der Waals surface area contributed by atoms with Crippen LogP contribution in [0.15, 0.2) is 23.1 Å². The molecule has 0 saturated heterocycles. The van der Waals surface area contributed by atoms with Crippen LogP contribution in [0.25, 0.3) is 0 Å². The molecular formula is C14H20N2O3S. The first-order chi connectivity index (χ1) is 9.54. The van der Waals surface area contributed by atoms with E-state index < -0.39 is 0 Å². The van der Waals surface area contributed by atoms with Gasteiger partial charge in [-0.1, -0.05) is 6.07 Å². The van der Waals surface area contributed by atoms with Crippen LogP contribution in [0.5, 0.6) is 0 Å². The predicted molar refractivity (Wildman–Crippen MR) is 80.6 cm³/mol. The van der Waals surface area contributed by atoms with Crippen LogP contribution in [0.2, 0.25) is 0 Å². The van der Waals surface area contributed by atoms with Gasteiger partial charge in [-0.05, 0) is 31.0 Å². The Balaban J connectivity index is 2.26. The van der Waals surface area contributed by atoms with E-state index in [1.807, 2.05) is 25.1 Å². The molecule has 3 N–H and O–H groups in total. The van der Waals surface area contributed by atoms with E-state index in [0.29, 0.717) is 25.1 Å². The number of amides is 1. The van der Waals surface area contributed by atoms with E-state index in [-0.39, 0.29) is 11.9 Å². The second-order valence-electron chi connectivity index (χ2n) is 4.29. The molecule has 0 spiro atoms. The Labute approximate surface area is 123 Å². The fourth-order valence-corrected chi connectivity index (χ4v) is 2.44. The lowest BCUT2D eigenvalue weighted by Gasteiger charge is -2.08. The topological polar surface area (TPSA) is 81.4 Å². The number of hydrogen-bond donors (Lipinski definition) is 2. The zero-order chi connectivity index (χ0) is 15.0. The van der Waals surface area contributed by atoms with Gasteiger partial charge in [0.1, 0.15) is 0 Å². The second kappa shape index (κ2) is 8.47. The number of ether oxygens (including phenoxy) is 1. The molecule has 0 radical (unpaired) electrons. The van der Waals surface area contributed by atoms with Gasteiger partial charge in [-0.2, -0.15) is 0 Å². The molecule has 1 amide bonds. The van der Waals surface area contributed by atoms with Gasteiger partial charge in [0.15, 0.2) is 0 Å². The summed E-state index contributed by atoms with van der Waals surface area (Å²) < 4.78 is 4.52. The Kier molecular flexibility index (Phi) is 6.93. The molecule has 0 aliphatic heterocycles. The van der Waals surface area contributed by atoms with Crippen molar-refractivity contribution in [2.75, 3.05) is 25.1 Å². The Morgan fingerprint density at radius 2 is 2.15 bits per heavy atom. The number of nitrogens with one attached hydrogen (secondary N) is 1. The number of rotatable bonds is 7. The Hall–Kier alpha value is -1.69. The Morgan fingerprint density at radius 3 is 2.85 bits per heavy atom. The summed E-state index contributed by atoms with van der Waals surface area (Å²) in [5, 5.41) is 2.77. The maximum Gasteiger partial charge on any atom is 0.305 e. The quantitative estimate of drug-likeness (QED) is 0.347. The molecular weight excluding hydrogens is 276 g/mol. The molecule has 1 aromatic carbocycles. The van der Waals surface area contributed by atoms with Gasteiger partial charge in [-0.25, -0.2) is 0 Å². The molecule has 6 heteroatoms. The highest BCUT2D eigenvalue weighted by molar-refractivity contribution is 8.00. The molecule has 20 heavy (non-hydrogen) atoms. The number of carbonyl (C=O) groups is 2. The van der Waals surface area contributed by atoms with Crippen LogP contribution < -0.4 is 11.1 Å². The van der Waals surface area contributed by atoms with Crippen molar-refractivity contribution in [3.8, 4) is 0 Å². The van der Waals surface area contributed by atoms with Gasteiger partial charge >= 0.3 is 5.97 Å².